The fourth-order valence-electron chi connectivity index (χ4n) is 2.05. The Hall–Kier alpha value is -1.88. The summed E-state index contributed by atoms with van der Waals surface area (Å²) in [5, 5.41) is 3.10. The van der Waals surface area contributed by atoms with Crippen molar-refractivity contribution < 1.29 is 9.18 Å². The molecule has 0 spiro atoms. The summed E-state index contributed by atoms with van der Waals surface area (Å²) in [5.74, 6) is -0.304. The molecule has 0 aliphatic heterocycles. The number of rotatable bonds is 5. The van der Waals surface area contributed by atoms with Crippen molar-refractivity contribution in [3.05, 3.63) is 64.4 Å². The summed E-state index contributed by atoms with van der Waals surface area (Å²) in [6, 6.07) is 13.7. The molecule has 0 heterocycles. The van der Waals surface area contributed by atoms with Gasteiger partial charge in [0.15, 0.2) is 0 Å². The summed E-state index contributed by atoms with van der Waals surface area (Å²) in [5.41, 5.74) is 1.79. The molecule has 0 saturated heterocycles. The van der Waals surface area contributed by atoms with Crippen LogP contribution in [0.2, 0.25) is 0 Å². The number of benzene rings is 2. The second-order valence-electron chi connectivity index (χ2n) is 5.09. The van der Waals surface area contributed by atoms with Crippen LogP contribution in [0, 0.1) is 5.82 Å². The SMILES string of the molecule is CC(c1ccc(F)cc1)N(C)C(=O)CNc1ccc(Br)cc1. The van der Waals surface area contributed by atoms with Gasteiger partial charge in [-0.25, -0.2) is 4.39 Å². The third-order valence-corrected chi connectivity index (χ3v) is 4.14. The standard InChI is InChI=1S/C17H18BrFN2O/c1-12(13-3-7-15(19)8-4-13)21(2)17(22)11-20-16-9-5-14(18)6-10-16/h3-10,12,20H,11H2,1-2H3. The van der Waals surface area contributed by atoms with E-state index in [4.69, 9.17) is 0 Å². The fourth-order valence-corrected chi connectivity index (χ4v) is 2.32. The van der Waals surface area contributed by atoms with E-state index < -0.39 is 0 Å². The highest BCUT2D eigenvalue weighted by molar-refractivity contribution is 9.10. The minimum Gasteiger partial charge on any atom is -0.376 e. The summed E-state index contributed by atoms with van der Waals surface area (Å²) in [6.45, 7) is 2.13. The van der Waals surface area contributed by atoms with Crippen molar-refractivity contribution in [3.63, 3.8) is 0 Å². The van der Waals surface area contributed by atoms with Gasteiger partial charge in [0.1, 0.15) is 5.82 Å². The van der Waals surface area contributed by atoms with Gasteiger partial charge >= 0.3 is 0 Å². The molecule has 1 N–H and O–H groups in total. The molecule has 1 atom stereocenters. The molecule has 0 radical (unpaired) electrons. The van der Waals surface area contributed by atoms with Gasteiger partial charge in [0.05, 0.1) is 12.6 Å². The zero-order valence-electron chi connectivity index (χ0n) is 12.5. The van der Waals surface area contributed by atoms with Crippen LogP contribution in [-0.2, 0) is 4.79 Å². The first-order valence-corrected chi connectivity index (χ1v) is 7.77. The lowest BCUT2D eigenvalue weighted by atomic mass is 10.1. The average Bonchev–Trinajstić information content (AvgIpc) is 2.53. The third kappa shape index (κ3) is 4.31. The minimum atomic E-state index is -0.276. The van der Waals surface area contributed by atoms with Gasteiger partial charge in [0, 0.05) is 17.2 Å². The summed E-state index contributed by atoms with van der Waals surface area (Å²) < 4.78 is 13.9. The molecule has 0 aliphatic carbocycles. The van der Waals surface area contributed by atoms with Gasteiger partial charge in [-0.05, 0) is 48.9 Å². The van der Waals surface area contributed by atoms with Gasteiger partial charge in [-0.15, -0.1) is 0 Å². The lowest BCUT2D eigenvalue weighted by Crippen LogP contribution is -2.34. The number of likely N-dealkylation sites (N-methyl/N-ethyl adjacent to an activating group) is 1. The maximum Gasteiger partial charge on any atom is 0.242 e. The van der Waals surface area contributed by atoms with E-state index in [1.807, 2.05) is 31.2 Å². The Bertz CT molecular complexity index is 628. The van der Waals surface area contributed by atoms with Crippen LogP contribution in [0.25, 0.3) is 0 Å². The average molecular weight is 365 g/mol. The summed E-state index contributed by atoms with van der Waals surface area (Å²) in [7, 11) is 1.75. The molecule has 0 aliphatic rings. The number of halogens is 2. The van der Waals surface area contributed by atoms with E-state index >= 15 is 0 Å². The van der Waals surface area contributed by atoms with Gasteiger partial charge in [-0.3, -0.25) is 4.79 Å². The van der Waals surface area contributed by atoms with Crippen LogP contribution in [0.5, 0.6) is 0 Å². The quantitative estimate of drug-likeness (QED) is 0.861. The van der Waals surface area contributed by atoms with E-state index in [1.54, 1.807) is 24.1 Å². The van der Waals surface area contributed by atoms with Crippen LogP contribution < -0.4 is 5.32 Å². The van der Waals surface area contributed by atoms with Crippen molar-refractivity contribution in [1.29, 1.82) is 0 Å². The van der Waals surface area contributed by atoms with Crippen molar-refractivity contribution in [3.8, 4) is 0 Å². The maximum absolute atomic E-state index is 13.0. The highest BCUT2D eigenvalue weighted by Gasteiger charge is 2.17. The predicted molar refractivity (Wildman–Crippen MR) is 90.2 cm³/mol. The summed E-state index contributed by atoms with van der Waals surface area (Å²) >= 11 is 3.37. The number of hydrogen-bond donors (Lipinski definition) is 1. The molecule has 22 heavy (non-hydrogen) atoms. The fraction of sp³-hybridized carbons (Fsp3) is 0.235. The second-order valence-corrected chi connectivity index (χ2v) is 6.01. The number of hydrogen-bond acceptors (Lipinski definition) is 2. The normalized spacial score (nSPS) is 11.8. The zero-order valence-corrected chi connectivity index (χ0v) is 14.1. The van der Waals surface area contributed by atoms with Crippen LogP contribution in [0.15, 0.2) is 53.0 Å². The van der Waals surface area contributed by atoms with E-state index in [2.05, 4.69) is 21.2 Å². The predicted octanol–water partition coefficient (Wildman–Crippen LogP) is 4.22. The first-order chi connectivity index (χ1) is 10.5. The first kappa shape index (κ1) is 16.5. The first-order valence-electron chi connectivity index (χ1n) is 6.98. The van der Waals surface area contributed by atoms with E-state index in [0.717, 1.165) is 15.7 Å². The Morgan fingerprint density at radius 2 is 1.77 bits per heavy atom. The van der Waals surface area contributed by atoms with Gasteiger partial charge in [-0.1, -0.05) is 28.1 Å². The van der Waals surface area contributed by atoms with E-state index in [1.165, 1.54) is 12.1 Å². The van der Waals surface area contributed by atoms with Crippen molar-refractivity contribution in [2.24, 2.45) is 0 Å². The number of anilines is 1. The van der Waals surface area contributed by atoms with Crippen LogP contribution in [0.4, 0.5) is 10.1 Å². The van der Waals surface area contributed by atoms with Crippen LogP contribution in [-0.4, -0.2) is 24.4 Å². The third-order valence-electron chi connectivity index (χ3n) is 3.61. The van der Waals surface area contributed by atoms with Crippen molar-refractivity contribution in [1.82, 2.24) is 4.90 Å². The second kappa shape index (κ2) is 7.40. The molecule has 1 amide bonds. The van der Waals surface area contributed by atoms with Crippen molar-refractivity contribution >= 4 is 27.5 Å². The van der Waals surface area contributed by atoms with Crippen molar-refractivity contribution in [2.45, 2.75) is 13.0 Å². The Morgan fingerprint density at radius 3 is 2.36 bits per heavy atom. The Balaban J connectivity index is 1.93. The number of carbonyl (C=O) groups is 1. The zero-order chi connectivity index (χ0) is 16.1. The molecule has 3 nitrogen and oxygen atoms in total. The molecule has 5 heteroatoms. The summed E-state index contributed by atoms with van der Waals surface area (Å²) in [4.78, 5) is 13.9. The largest absolute Gasteiger partial charge is 0.376 e. The molecular formula is C17H18BrFN2O. The Morgan fingerprint density at radius 1 is 1.18 bits per heavy atom. The van der Waals surface area contributed by atoms with Gasteiger partial charge in [0.2, 0.25) is 5.91 Å². The number of nitrogens with zero attached hydrogens (tertiary/aromatic N) is 1. The molecule has 0 saturated carbocycles. The van der Waals surface area contributed by atoms with Crippen molar-refractivity contribution in [2.75, 3.05) is 18.9 Å². The molecule has 0 bridgehead atoms. The smallest absolute Gasteiger partial charge is 0.242 e. The lowest BCUT2D eigenvalue weighted by molar-refractivity contribution is -0.129. The van der Waals surface area contributed by atoms with E-state index in [0.29, 0.717) is 0 Å². The molecule has 2 aromatic rings. The monoisotopic (exact) mass is 364 g/mol. The Labute approximate surface area is 138 Å². The summed E-state index contributed by atoms with van der Waals surface area (Å²) in [6.07, 6.45) is 0. The van der Waals surface area contributed by atoms with Gasteiger partial charge < -0.3 is 10.2 Å². The maximum atomic E-state index is 13.0. The molecule has 2 rings (SSSR count). The van der Waals surface area contributed by atoms with E-state index in [-0.39, 0.29) is 24.3 Å². The molecule has 0 aromatic heterocycles. The van der Waals surface area contributed by atoms with Crippen LogP contribution in [0.1, 0.15) is 18.5 Å². The minimum absolute atomic E-state index is 0.0280. The number of nitrogens with one attached hydrogen (secondary N) is 1. The van der Waals surface area contributed by atoms with Gasteiger partial charge in [-0.2, -0.15) is 0 Å². The van der Waals surface area contributed by atoms with Crippen LogP contribution in [0.3, 0.4) is 0 Å². The highest BCUT2D eigenvalue weighted by Crippen LogP contribution is 2.19. The molecule has 1 unspecified atom stereocenters. The molecular weight excluding hydrogens is 347 g/mol. The van der Waals surface area contributed by atoms with E-state index in [9.17, 15) is 9.18 Å². The number of carbonyl (C=O) groups excluding carboxylic acids is 1. The molecule has 0 fully saturated rings. The van der Waals surface area contributed by atoms with Gasteiger partial charge in [0.25, 0.3) is 0 Å². The van der Waals surface area contributed by atoms with Crippen LogP contribution >= 0.6 is 15.9 Å². The topological polar surface area (TPSA) is 32.3 Å². The molecule has 116 valence electrons. The molecule has 2 aromatic carbocycles. The lowest BCUT2D eigenvalue weighted by Gasteiger charge is -2.25. The highest BCUT2D eigenvalue weighted by atomic mass is 79.9. The Kier molecular flexibility index (Phi) is 5.55. The number of amides is 1.